The summed E-state index contributed by atoms with van der Waals surface area (Å²) in [5.41, 5.74) is 0.464. The van der Waals surface area contributed by atoms with Crippen LogP contribution in [0.2, 0.25) is 5.02 Å². The molecule has 0 atom stereocenters. The normalized spacial score (nSPS) is 10.1. The van der Waals surface area contributed by atoms with Crippen molar-refractivity contribution in [2.45, 2.75) is 6.42 Å². The summed E-state index contributed by atoms with van der Waals surface area (Å²) < 4.78 is 13.1. The van der Waals surface area contributed by atoms with Crippen molar-refractivity contribution in [2.75, 3.05) is 0 Å². The average Bonchev–Trinajstić information content (AvgIpc) is 1.98. The maximum Gasteiger partial charge on any atom is 0.307 e. The molecule has 0 unspecified atom stereocenters. The second-order valence-electron chi connectivity index (χ2n) is 2.44. The van der Waals surface area contributed by atoms with E-state index in [1.165, 1.54) is 12.1 Å². The predicted molar refractivity (Wildman–Crippen MR) is 50.4 cm³/mol. The number of carboxylic acids is 1. The fourth-order valence-electron chi connectivity index (χ4n) is 0.885. The molecule has 0 saturated heterocycles. The van der Waals surface area contributed by atoms with Gasteiger partial charge in [-0.15, -0.1) is 0 Å². The first kappa shape index (κ1) is 10.5. The van der Waals surface area contributed by atoms with Crippen LogP contribution in [0.4, 0.5) is 4.39 Å². The second-order valence-corrected chi connectivity index (χ2v) is 3.71. The van der Waals surface area contributed by atoms with E-state index in [1.54, 1.807) is 0 Å². The average molecular weight is 267 g/mol. The van der Waals surface area contributed by atoms with Gasteiger partial charge in [0.1, 0.15) is 0 Å². The minimum atomic E-state index is -0.977. The van der Waals surface area contributed by atoms with Crippen molar-refractivity contribution in [1.82, 2.24) is 0 Å². The van der Waals surface area contributed by atoms with E-state index in [-0.39, 0.29) is 15.9 Å². The van der Waals surface area contributed by atoms with E-state index in [2.05, 4.69) is 15.9 Å². The summed E-state index contributed by atoms with van der Waals surface area (Å²) >= 11 is 8.44. The van der Waals surface area contributed by atoms with Gasteiger partial charge in [0.25, 0.3) is 0 Å². The van der Waals surface area contributed by atoms with Crippen molar-refractivity contribution in [3.8, 4) is 0 Å². The highest BCUT2D eigenvalue weighted by Crippen LogP contribution is 2.25. The monoisotopic (exact) mass is 266 g/mol. The van der Waals surface area contributed by atoms with Crippen LogP contribution in [0.1, 0.15) is 5.56 Å². The molecule has 1 aromatic carbocycles. The second kappa shape index (κ2) is 4.07. The van der Waals surface area contributed by atoms with Crippen LogP contribution < -0.4 is 0 Å². The third-order valence-corrected chi connectivity index (χ3v) is 2.25. The topological polar surface area (TPSA) is 37.3 Å². The smallest absolute Gasteiger partial charge is 0.307 e. The lowest BCUT2D eigenvalue weighted by Gasteiger charge is -2.01. The van der Waals surface area contributed by atoms with E-state index >= 15 is 0 Å². The van der Waals surface area contributed by atoms with Gasteiger partial charge >= 0.3 is 5.97 Å². The highest BCUT2D eigenvalue weighted by Gasteiger charge is 2.08. The van der Waals surface area contributed by atoms with Crippen LogP contribution in [-0.2, 0) is 11.2 Å². The van der Waals surface area contributed by atoms with Crippen molar-refractivity contribution in [3.63, 3.8) is 0 Å². The van der Waals surface area contributed by atoms with Gasteiger partial charge in [-0.3, -0.25) is 4.79 Å². The molecule has 1 aromatic rings. The van der Waals surface area contributed by atoms with Gasteiger partial charge in [0, 0.05) is 0 Å². The van der Waals surface area contributed by atoms with Gasteiger partial charge in [0.15, 0.2) is 5.82 Å². The van der Waals surface area contributed by atoms with E-state index in [9.17, 15) is 9.18 Å². The molecule has 70 valence electrons. The first-order valence-corrected chi connectivity index (χ1v) is 4.53. The molecule has 13 heavy (non-hydrogen) atoms. The minimum Gasteiger partial charge on any atom is -0.481 e. The van der Waals surface area contributed by atoms with Gasteiger partial charge in [-0.1, -0.05) is 11.6 Å². The Bertz CT molecular complexity index is 331. The molecule has 0 heterocycles. The quantitative estimate of drug-likeness (QED) is 0.837. The molecule has 0 aliphatic carbocycles. The van der Waals surface area contributed by atoms with Crippen LogP contribution in [0, 0.1) is 5.82 Å². The van der Waals surface area contributed by atoms with E-state index < -0.39 is 11.8 Å². The molecule has 0 radical (unpaired) electrons. The molecule has 0 saturated carbocycles. The summed E-state index contributed by atoms with van der Waals surface area (Å²) in [6.07, 6.45) is -0.168. The molecule has 0 aliphatic rings. The van der Waals surface area contributed by atoms with Crippen molar-refractivity contribution in [2.24, 2.45) is 0 Å². The lowest BCUT2D eigenvalue weighted by Crippen LogP contribution is -2.00. The van der Waals surface area contributed by atoms with Gasteiger partial charge in [-0.2, -0.15) is 0 Å². The maximum absolute atomic E-state index is 12.9. The van der Waals surface area contributed by atoms with Crippen molar-refractivity contribution >= 4 is 33.5 Å². The molecule has 5 heteroatoms. The summed E-state index contributed by atoms with van der Waals surface area (Å²) in [4.78, 5) is 10.3. The molecule has 2 nitrogen and oxygen atoms in total. The third kappa shape index (κ3) is 2.67. The first-order valence-electron chi connectivity index (χ1n) is 3.36. The Kier molecular flexibility index (Phi) is 3.27. The fourth-order valence-corrected chi connectivity index (χ4v) is 1.75. The fraction of sp³-hybridized carbons (Fsp3) is 0.125. The van der Waals surface area contributed by atoms with Crippen LogP contribution >= 0.6 is 27.5 Å². The van der Waals surface area contributed by atoms with Crippen molar-refractivity contribution < 1.29 is 14.3 Å². The van der Waals surface area contributed by atoms with Gasteiger partial charge in [0.05, 0.1) is 15.9 Å². The number of aliphatic carboxylic acids is 1. The van der Waals surface area contributed by atoms with Crippen LogP contribution in [0.15, 0.2) is 16.6 Å². The zero-order chi connectivity index (χ0) is 10.0. The molecule has 0 amide bonds. The summed E-state index contributed by atoms with van der Waals surface area (Å²) in [5, 5.41) is 8.39. The van der Waals surface area contributed by atoms with Gasteiger partial charge < -0.3 is 5.11 Å². The first-order chi connectivity index (χ1) is 6.00. The van der Waals surface area contributed by atoms with E-state index in [4.69, 9.17) is 16.7 Å². The molecular weight excluding hydrogens is 262 g/mol. The highest BCUT2D eigenvalue weighted by atomic mass is 79.9. The van der Waals surface area contributed by atoms with Crippen LogP contribution in [0.25, 0.3) is 0 Å². The Morgan fingerprint density at radius 3 is 2.69 bits per heavy atom. The number of carboxylic acid groups (broad SMARTS) is 1. The minimum absolute atomic E-state index is 0.0781. The van der Waals surface area contributed by atoms with Gasteiger partial charge in [-0.25, -0.2) is 4.39 Å². The molecule has 0 aromatic heterocycles. The van der Waals surface area contributed by atoms with Gasteiger partial charge in [0.2, 0.25) is 0 Å². The lowest BCUT2D eigenvalue weighted by molar-refractivity contribution is -0.136. The standard InChI is InChI=1S/C8H5BrClFO2/c9-5-1-4(3-7(12)13)2-6(10)8(5)11/h1-2H,3H2,(H,12,13). The summed E-state index contributed by atoms with van der Waals surface area (Å²) in [6.45, 7) is 0. The van der Waals surface area contributed by atoms with Crippen LogP contribution in [0.3, 0.4) is 0 Å². The molecule has 1 rings (SSSR count). The Balaban J connectivity index is 3.06. The number of hydrogen-bond donors (Lipinski definition) is 1. The van der Waals surface area contributed by atoms with E-state index in [0.29, 0.717) is 5.56 Å². The van der Waals surface area contributed by atoms with Crippen molar-refractivity contribution in [1.29, 1.82) is 0 Å². The maximum atomic E-state index is 12.9. The number of hydrogen-bond acceptors (Lipinski definition) is 1. The van der Waals surface area contributed by atoms with E-state index in [0.717, 1.165) is 0 Å². The van der Waals surface area contributed by atoms with Crippen LogP contribution in [0.5, 0.6) is 0 Å². The zero-order valence-corrected chi connectivity index (χ0v) is 8.69. The van der Waals surface area contributed by atoms with Crippen molar-refractivity contribution in [3.05, 3.63) is 33.0 Å². The molecule has 1 N–H and O–H groups in total. The van der Waals surface area contributed by atoms with Gasteiger partial charge in [-0.05, 0) is 33.6 Å². The number of benzene rings is 1. The molecule has 0 spiro atoms. The predicted octanol–water partition coefficient (Wildman–Crippen LogP) is 2.87. The Hall–Kier alpha value is -0.610. The summed E-state index contributed by atoms with van der Waals surface area (Å²) in [6, 6.07) is 2.70. The Morgan fingerprint density at radius 2 is 2.23 bits per heavy atom. The Morgan fingerprint density at radius 1 is 1.62 bits per heavy atom. The SMILES string of the molecule is O=C(O)Cc1cc(Cl)c(F)c(Br)c1. The molecule has 0 fully saturated rings. The molecular formula is C8H5BrClFO2. The zero-order valence-electron chi connectivity index (χ0n) is 6.35. The summed E-state index contributed by atoms with van der Waals surface area (Å²) in [7, 11) is 0. The number of halogens is 3. The number of rotatable bonds is 2. The highest BCUT2D eigenvalue weighted by molar-refractivity contribution is 9.10. The molecule has 0 bridgehead atoms. The summed E-state index contributed by atoms with van der Waals surface area (Å²) in [5.74, 6) is -1.55. The lowest BCUT2D eigenvalue weighted by atomic mass is 10.1. The molecule has 0 aliphatic heterocycles. The Labute approximate surface area is 87.5 Å². The third-order valence-electron chi connectivity index (χ3n) is 1.40. The van der Waals surface area contributed by atoms with Crippen LogP contribution in [-0.4, -0.2) is 11.1 Å². The number of carbonyl (C=O) groups is 1. The largest absolute Gasteiger partial charge is 0.481 e. The van der Waals surface area contributed by atoms with E-state index in [1.807, 2.05) is 0 Å².